The molecule has 4 fully saturated rings. The van der Waals surface area contributed by atoms with Crippen LogP contribution in [0.5, 0.6) is 0 Å². The third kappa shape index (κ3) is 2.46. The van der Waals surface area contributed by atoms with E-state index in [9.17, 15) is 4.79 Å². The number of esters is 1. The van der Waals surface area contributed by atoms with Gasteiger partial charge in [-0.05, 0) is 63.2 Å². The van der Waals surface area contributed by atoms with Gasteiger partial charge in [-0.3, -0.25) is 9.79 Å². The Labute approximate surface area is 120 Å². The predicted molar refractivity (Wildman–Crippen MR) is 75.1 cm³/mol. The van der Waals surface area contributed by atoms with Crippen molar-refractivity contribution >= 4 is 12.2 Å². The standard InChI is InChI=1S/C16H22N2O2/c1-2-20-15(19)14(9-17)10-18-16-6-11-3-12(7-16)5-13(4-11)8-16/h10-14H,2-8H2,1H3/t11?,12?,13?,14-,16?/m1/s1. The van der Waals surface area contributed by atoms with Gasteiger partial charge >= 0.3 is 5.97 Å². The molecule has 0 N–H and O–H groups in total. The number of hydrogen-bond donors (Lipinski definition) is 0. The Balaban J connectivity index is 1.72. The highest BCUT2D eigenvalue weighted by Crippen LogP contribution is 2.57. The van der Waals surface area contributed by atoms with Crippen molar-refractivity contribution in [1.29, 1.82) is 5.26 Å². The first-order valence-electron chi connectivity index (χ1n) is 7.76. The summed E-state index contributed by atoms with van der Waals surface area (Å²) in [6, 6.07) is 2.00. The largest absolute Gasteiger partial charge is 0.465 e. The number of carbonyl (C=O) groups is 1. The van der Waals surface area contributed by atoms with Crippen LogP contribution in [0.1, 0.15) is 45.4 Å². The summed E-state index contributed by atoms with van der Waals surface area (Å²) in [6.07, 6.45) is 9.12. The molecule has 4 aliphatic rings. The fourth-order valence-electron chi connectivity index (χ4n) is 4.83. The Morgan fingerprint density at radius 1 is 1.35 bits per heavy atom. The smallest absolute Gasteiger partial charge is 0.328 e. The summed E-state index contributed by atoms with van der Waals surface area (Å²) in [6.45, 7) is 2.06. The highest BCUT2D eigenvalue weighted by atomic mass is 16.5. The Hall–Kier alpha value is -1.37. The fourth-order valence-corrected chi connectivity index (χ4v) is 4.83. The Morgan fingerprint density at radius 2 is 1.90 bits per heavy atom. The molecule has 1 atom stereocenters. The lowest BCUT2D eigenvalue weighted by atomic mass is 9.53. The lowest BCUT2D eigenvalue weighted by Crippen LogP contribution is -2.49. The molecule has 0 saturated heterocycles. The number of ether oxygens (including phenoxy) is 1. The minimum Gasteiger partial charge on any atom is -0.465 e. The van der Waals surface area contributed by atoms with Crippen LogP contribution in [-0.2, 0) is 9.53 Å². The first kappa shape index (κ1) is 13.6. The maximum absolute atomic E-state index is 11.7. The molecule has 4 rings (SSSR count). The van der Waals surface area contributed by atoms with Gasteiger partial charge in [0.25, 0.3) is 0 Å². The van der Waals surface area contributed by atoms with Gasteiger partial charge in [-0.15, -0.1) is 0 Å². The van der Waals surface area contributed by atoms with E-state index in [2.05, 4.69) is 0 Å². The highest BCUT2D eigenvalue weighted by Gasteiger charge is 2.50. The SMILES string of the molecule is CCOC(=O)[C@H](C#N)C=NC12CC3CC(CC(C3)C1)C2. The van der Waals surface area contributed by atoms with Crippen LogP contribution in [0.3, 0.4) is 0 Å². The first-order valence-corrected chi connectivity index (χ1v) is 7.76. The minimum absolute atomic E-state index is 0.0242. The molecule has 108 valence electrons. The number of rotatable bonds is 4. The highest BCUT2D eigenvalue weighted by molar-refractivity contribution is 5.93. The monoisotopic (exact) mass is 274 g/mol. The molecule has 0 heterocycles. The Bertz CT molecular complexity index is 428. The maximum atomic E-state index is 11.7. The van der Waals surface area contributed by atoms with E-state index in [1.165, 1.54) is 19.3 Å². The molecule has 20 heavy (non-hydrogen) atoms. The summed E-state index contributed by atoms with van der Waals surface area (Å²) in [5.74, 6) is 1.15. The van der Waals surface area contributed by atoms with Gasteiger partial charge in [-0.25, -0.2) is 0 Å². The summed E-state index contributed by atoms with van der Waals surface area (Å²) in [5.41, 5.74) is 0.0242. The van der Waals surface area contributed by atoms with Crippen molar-refractivity contribution in [2.45, 2.75) is 51.0 Å². The summed E-state index contributed by atoms with van der Waals surface area (Å²) in [4.78, 5) is 16.4. The zero-order valence-electron chi connectivity index (χ0n) is 12.0. The van der Waals surface area contributed by atoms with Gasteiger partial charge in [0.15, 0.2) is 5.92 Å². The van der Waals surface area contributed by atoms with Gasteiger partial charge in [0.2, 0.25) is 0 Å². The summed E-state index contributed by atoms with van der Waals surface area (Å²) in [5, 5.41) is 9.09. The molecule has 4 nitrogen and oxygen atoms in total. The maximum Gasteiger partial charge on any atom is 0.328 e. The van der Waals surface area contributed by atoms with Crippen molar-refractivity contribution in [2.75, 3.05) is 6.61 Å². The normalized spacial score (nSPS) is 39.7. The first-order chi connectivity index (χ1) is 9.64. The van der Waals surface area contributed by atoms with Gasteiger partial charge in [0.1, 0.15) is 0 Å². The van der Waals surface area contributed by atoms with E-state index in [1.807, 2.05) is 6.07 Å². The molecule has 0 unspecified atom stereocenters. The average molecular weight is 274 g/mol. The van der Waals surface area contributed by atoms with E-state index in [-0.39, 0.29) is 5.54 Å². The molecular weight excluding hydrogens is 252 g/mol. The van der Waals surface area contributed by atoms with Gasteiger partial charge in [0, 0.05) is 6.21 Å². The zero-order chi connectivity index (χ0) is 14.2. The van der Waals surface area contributed by atoms with Crippen molar-refractivity contribution in [2.24, 2.45) is 28.7 Å². The van der Waals surface area contributed by atoms with Gasteiger partial charge < -0.3 is 4.74 Å². The van der Waals surface area contributed by atoms with Crippen LogP contribution < -0.4 is 0 Å². The van der Waals surface area contributed by atoms with Crippen molar-refractivity contribution in [1.82, 2.24) is 0 Å². The molecule has 0 aromatic heterocycles. The van der Waals surface area contributed by atoms with Crippen molar-refractivity contribution < 1.29 is 9.53 Å². The average Bonchev–Trinajstić information content (AvgIpc) is 2.38. The third-order valence-corrected chi connectivity index (χ3v) is 5.18. The van der Waals surface area contributed by atoms with Gasteiger partial charge in [-0.1, -0.05) is 0 Å². The van der Waals surface area contributed by atoms with E-state index in [0.717, 1.165) is 37.0 Å². The molecule has 0 amide bonds. The van der Waals surface area contributed by atoms with Crippen LogP contribution in [0, 0.1) is 35.0 Å². The number of nitriles is 1. The van der Waals surface area contributed by atoms with E-state index < -0.39 is 11.9 Å². The van der Waals surface area contributed by atoms with Crippen LogP contribution in [0.2, 0.25) is 0 Å². The summed E-state index contributed by atoms with van der Waals surface area (Å²) >= 11 is 0. The van der Waals surface area contributed by atoms with E-state index in [4.69, 9.17) is 15.0 Å². The summed E-state index contributed by atoms with van der Waals surface area (Å²) in [7, 11) is 0. The molecule has 0 radical (unpaired) electrons. The molecule has 4 bridgehead atoms. The van der Waals surface area contributed by atoms with Crippen molar-refractivity contribution in [3.8, 4) is 6.07 Å². The molecule has 0 aromatic rings. The van der Waals surface area contributed by atoms with Crippen LogP contribution in [0.4, 0.5) is 0 Å². The second-order valence-corrected chi connectivity index (χ2v) is 6.78. The van der Waals surface area contributed by atoms with E-state index >= 15 is 0 Å². The molecule has 0 aliphatic heterocycles. The fraction of sp³-hybridized carbons (Fsp3) is 0.812. The molecule has 4 heteroatoms. The Kier molecular flexibility index (Phi) is 3.54. The lowest BCUT2D eigenvalue weighted by molar-refractivity contribution is -0.143. The quantitative estimate of drug-likeness (QED) is 0.585. The third-order valence-electron chi connectivity index (χ3n) is 5.18. The summed E-state index contributed by atoms with van der Waals surface area (Å²) < 4.78 is 4.91. The molecule has 0 spiro atoms. The van der Waals surface area contributed by atoms with Crippen molar-refractivity contribution in [3.05, 3.63) is 0 Å². The number of carbonyl (C=O) groups excluding carboxylic acids is 1. The number of hydrogen-bond acceptors (Lipinski definition) is 4. The predicted octanol–water partition coefficient (Wildman–Crippen LogP) is 2.73. The minimum atomic E-state index is -0.844. The molecule has 0 aromatic carbocycles. The molecular formula is C16H22N2O2. The van der Waals surface area contributed by atoms with Crippen LogP contribution in [-0.4, -0.2) is 24.3 Å². The van der Waals surface area contributed by atoms with Gasteiger partial charge in [0.05, 0.1) is 18.2 Å². The second kappa shape index (κ2) is 5.20. The number of nitrogens with zero attached hydrogens (tertiary/aromatic N) is 2. The van der Waals surface area contributed by atoms with Gasteiger partial charge in [-0.2, -0.15) is 5.26 Å². The zero-order valence-corrected chi connectivity index (χ0v) is 12.0. The topological polar surface area (TPSA) is 62.5 Å². The number of aliphatic imine (C=N–C) groups is 1. The lowest BCUT2D eigenvalue weighted by Gasteiger charge is -2.55. The molecule has 4 aliphatic carbocycles. The Morgan fingerprint density at radius 3 is 2.35 bits per heavy atom. The van der Waals surface area contributed by atoms with Crippen LogP contribution in [0.15, 0.2) is 4.99 Å². The van der Waals surface area contributed by atoms with Crippen LogP contribution >= 0.6 is 0 Å². The van der Waals surface area contributed by atoms with Crippen LogP contribution in [0.25, 0.3) is 0 Å². The van der Waals surface area contributed by atoms with E-state index in [0.29, 0.717) is 6.61 Å². The van der Waals surface area contributed by atoms with E-state index in [1.54, 1.807) is 13.1 Å². The second-order valence-electron chi connectivity index (χ2n) is 6.78. The van der Waals surface area contributed by atoms with Crippen molar-refractivity contribution in [3.63, 3.8) is 0 Å². The molecule has 4 saturated carbocycles.